The number of rotatable bonds is 3. The summed E-state index contributed by atoms with van der Waals surface area (Å²) in [6, 6.07) is 7.74. The van der Waals surface area contributed by atoms with Gasteiger partial charge in [-0.1, -0.05) is 6.07 Å². The predicted molar refractivity (Wildman–Crippen MR) is 78.1 cm³/mol. The van der Waals surface area contributed by atoms with E-state index in [2.05, 4.69) is 15.5 Å². The van der Waals surface area contributed by atoms with Crippen molar-refractivity contribution in [3.8, 4) is 0 Å². The van der Waals surface area contributed by atoms with Crippen molar-refractivity contribution in [1.82, 2.24) is 10.2 Å². The lowest BCUT2D eigenvalue weighted by atomic mass is 10.1. The van der Waals surface area contributed by atoms with Crippen molar-refractivity contribution in [3.05, 3.63) is 41.2 Å². The molecular weight excluding hydrogens is 274 g/mol. The number of nitrogens with zero attached hydrogens (tertiary/aromatic N) is 1. The van der Waals surface area contributed by atoms with Crippen LogP contribution in [0.15, 0.2) is 29.2 Å². The molecule has 0 atom stereocenters. The number of amides is 1. The first-order valence-electron chi connectivity index (χ1n) is 6.37. The van der Waals surface area contributed by atoms with Gasteiger partial charge in [-0.2, -0.15) is 5.10 Å². The molecule has 1 amide bonds. The summed E-state index contributed by atoms with van der Waals surface area (Å²) in [5.41, 5.74) is 3.07. The normalized spacial score (nSPS) is 13.8. The molecule has 2 aromatic rings. The lowest BCUT2D eigenvalue weighted by Crippen LogP contribution is -2.17. The van der Waals surface area contributed by atoms with Gasteiger partial charge in [0.1, 0.15) is 0 Å². The van der Waals surface area contributed by atoms with Gasteiger partial charge in [-0.3, -0.25) is 9.89 Å². The molecule has 104 valence electrons. The van der Waals surface area contributed by atoms with Gasteiger partial charge < -0.3 is 10.1 Å². The number of aromatic amines is 1. The summed E-state index contributed by atoms with van der Waals surface area (Å²) >= 11 is 1.64. The molecule has 3 rings (SSSR count). The highest BCUT2D eigenvalue weighted by atomic mass is 32.2. The van der Waals surface area contributed by atoms with E-state index in [1.54, 1.807) is 11.8 Å². The summed E-state index contributed by atoms with van der Waals surface area (Å²) in [7, 11) is 0. The van der Waals surface area contributed by atoms with Crippen molar-refractivity contribution in [3.63, 3.8) is 0 Å². The molecule has 2 heterocycles. The molecule has 0 saturated carbocycles. The maximum atomic E-state index is 12.3. The van der Waals surface area contributed by atoms with E-state index < -0.39 is 0 Å². The molecule has 1 aliphatic heterocycles. The van der Waals surface area contributed by atoms with Crippen LogP contribution in [0, 0.1) is 0 Å². The summed E-state index contributed by atoms with van der Waals surface area (Å²) in [5, 5.41) is 9.91. The average Bonchev–Trinajstić information content (AvgIpc) is 2.91. The van der Waals surface area contributed by atoms with E-state index in [9.17, 15) is 4.79 Å². The Balaban J connectivity index is 1.80. The van der Waals surface area contributed by atoms with Gasteiger partial charge >= 0.3 is 0 Å². The lowest BCUT2D eigenvalue weighted by Gasteiger charge is -2.12. The molecule has 0 saturated heterocycles. The molecule has 2 N–H and O–H groups in total. The van der Waals surface area contributed by atoms with Crippen LogP contribution in [0.25, 0.3) is 0 Å². The highest BCUT2D eigenvalue weighted by Crippen LogP contribution is 2.21. The number of thioether (sulfide) groups is 1. The molecule has 0 unspecified atom stereocenters. The number of carbonyl (C=O) groups is 1. The second kappa shape index (κ2) is 5.68. The Labute approximate surface area is 121 Å². The Hall–Kier alpha value is -1.79. The number of aromatic nitrogens is 2. The highest BCUT2D eigenvalue weighted by Gasteiger charge is 2.22. The van der Waals surface area contributed by atoms with Gasteiger partial charge in [-0.05, 0) is 24.5 Å². The molecule has 1 aliphatic rings. The van der Waals surface area contributed by atoms with Crippen LogP contribution in [-0.4, -0.2) is 29.0 Å². The minimum atomic E-state index is -0.203. The lowest BCUT2D eigenvalue weighted by molar-refractivity contribution is 0.0985. The zero-order valence-electron chi connectivity index (χ0n) is 11.1. The fraction of sp³-hybridized carbons (Fsp3) is 0.286. The molecular formula is C14H15N3O2S. The average molecular weight is 289 g/mol. The summed E-state index contributed by atoms with van der Waals surface area (Å²) in [6.07, 6.45) is 2.78. The number of hydrogen-bond acceptors (Lipinski definition) is 4. The van der Waals surface area contributed by atoms with Crippen LogP contribution in [0.3, 0.4) is 0 Å². The van der Waals surface area contributed by atoms with E-state index in [4.69, 9.17) is 4.74 Å². The van der Waals surface area contributed by atoms with Gasteiger partial charge in [0.2, 0.25) is 0 Å². The van der Waals surface area contributed by atoms with E-state index in [1.165, 1.54) is 0 Å². The largest absolute Gasteiger partial charge is 0.376 e. The first kappa shape index (κ1) is 13.2. The topological polar surface area (TPSA) is 67.0 Å². The monoisotopic (exact) mass is 289 g/mol. The number of ether oxygens (including phenoxy) is 1. The van der Waals surface area contributed by atoms with Crippen molar-refractivity contribution >= 4 is 23.4 Å². The molecule has 0 bridgehead atoms. The molecule has 20 heavy (non-hydrogen) atoms. The first-order valence-corrected chi connectivity index (χ1v) is 7.59. The van der Waals surface area contributed by atoms with E-state index in [0.717, 1.165) is 28.3 Å². The number of carbonyl (C=O) groups excluding carboxylic acids is 1. The van der Waals surface area contributed by atoms with Gasteiger partial charge in [-0.25, -0.2) is 0 Å². The maximum absolute atomic E-state index is 12.3. The van der Waals surface area contributed by atoms with Crippen LogP contribution in [0.1, 0.15) is 21.7 Å². The van der Waals surface area contributed by atoms with E-state index in [1.807, 2.05) is 30.5 Å². The van der Waals surface area contributed by atoms with Gasteiger partial charge in [-0.15, -0.1) is 11.8 Å². The predicted octanol–water partition coefficient (Wildman–Crippen LogP) is 2.46. The molecule has 0 fully saturated rings. The maximum Gasteiger partial charge on any atom is 0.276 e. The summed E-state index contributed by atoms with van der Waals surface area (Å²) in [4.78, 5) is 13.4. The Kier molecular flexibility index (Phi) is 3.75. The molecule has 6 heteroatoms. The fourth-order valence-electron chi connectivity index (χ4n) is 2.19. The van der Waals surface area contributed by atoms with Crippen LogP contribution in [0.2, 0.25) is 0 Å². The SMILES string of the molecule is CSc1cccc(NC(=O)c2n[nH]c3c2COCC3)c1. The second-order valence-electron chi connectivity index (χ2n) is 4.52. The number of fused-ring (bicyclic) bond motifs is 1. The number of benzene rings is 1. The second-order valence-corrected chi connectivity index (χ2v) is 5.40. The Bertz CT molecular complexity index is 639. The van der Waals surface area contributed by atoms with Crippen molar-refractivity contribution in [2.24, 2.45) is 0 Å². The van der Waals surface area contributed by atoms with Crippen LogP contribution >= 0.6 is 11.8 Å². The van der Waals surface area contributed by atoms with E-state index in [0.29, 0.717) is 18.9 Å². The smallest absolute Gasteiger partial charge is 0.276 e. The molecule has 0 aliphatic carbocycles. The Morgan fingerprint density at radius 3 is 3.25 bits per heavy atom. The molecule has 0 spiro atoms. The van der Waals surface area contributed by atoms with Crippen molar-refractivity contribution in [2.45, 2.75) is 17.9 Å². The number of nitrogens with one attached hydrogen (secondary N) is 2. The van der Waals surface area contributed by atoms with Gasteiger partial charge in [0.15, 0.2) is 5.69 Å². The third kappa shape index (κ3) is 2.57. The highest BCUT2D eigenvalue weighted by molar-refractivity contribution is 7.98. The zero-order chi connectivity index (χ0) is 13.9. The van der Waals surface area contributed by atoms with Gasteiger partial charge in [0.05, 0.1) is 13.2 Å². The van der Waals surface area contributed by atoms with Crippen LogP contribution in [0.4, 0.5) is 5.69 Å². The van der Waals surface area contributed by atoms with Crippen LogP contribution in [-0.2, 0) is 17.8 Å². The molecule has 5 nitrogen and oxygen atoms in total. The zero-order valence-corrected chi connectivity index (χ0v) is 11.9. The third-order valence-electron chi connectivity index (χ3n) is 3.24. The molecule has 1 aromatic carbocycles. The molecule has 1 aromatic heterocycles. The number of hydrogen-bond donors (Lipinski definition) is 2. The van der Waals surface area contributed by atoms with Crippen LogP contribution in [0.5, 0.6) is 0 Å². The number of anilines is 1. The van der Waals surface area contributed by atoms with Gasteiger partial charge in [0.25, 0.3) is 5.91 Å². The Morgan fingerprint density at radius 1 is 1.50 bits per heavy atom. The standard InChI is InChI=1S/C14H15N3O2S/c1-20-10-4-2-3-9(7-10)15-14(18)13-11-8-19-6-5-12(11)16-17-13/h2-4,7H,5-6,8H2,1H3,(H,15,18)(H,16,17). The Morgan fingerprint density at radius 2 is 2.40 bits per heavy atom. The number of H-pyrrole nitrogens is 1. The van der Waals surface area contributed by atoms with E-state index in [-0.39, 0.29) is 5.91 Å². The minimum Gasteiger partial charge on any atom is -0.376 e. The first-order chi connectivity index (χ1) is 9.78. The summed E-state index contributed by atoms with van der Waals surface area (Å²) < 4.78 is 5.39. The van der Waals surface area contributed by atoms with Crippen molar-refractivity contribution < 1.29 is 9.53 Å². The van der Waals surface area contributed by atoms with Gasteiger partial charge in [0, 0.05) is 28.3 Å². The quantitative estimate of drug-likeness (QED) is 0.852. The summed E-state index contributed by atoms with van der Waals surface area (Å²) in [6.45, 7) is 1.12. The third-order valence-corrected chi connectivity index (χ3v) is 3.96. The fourth-order valence-corrected chi connectivity index (χ4v) is 2.65. The van der Waals surface area contributed by atoms with Crippen LogP contribution < -0.4 is 5.32 Å². The molecule has 0 radical (unpaired) electrons. The van der Waals surface area contributed by atoms with E-state index >= 15 is 0 Å². The minimum absolute atomic E-state index is 0.203. The van der Waals surface area contributed by atoms with Crippen molar-refractivity contribution in [2.75, 3.05) is 18.2 Å². The summed E-state index contributed by atoms with van der Waals surface area (Å²) in [5.74, 6) is -0.203. The van der Waals surface area contributed by atoms with Crippen molar-refractivity contribution in [1.29, 1.82) is 0 Å².